The van der Waals surface area contributed by atoms with E-state index in [1.54, 1.807) is 14.2 Å². The molecule has 1 aromatic rings. The third-order valence-corrected chi connectivity index (χ3v) is 12.5. The summed E-state index contributed by atoms with van der Waals surface area (Å²) in [5, 5.41) is 0. The Labute approximate surface area is 94.1 Å². The fourth-order valence-electron chi connectivity index (χ4n) is 1.42. The van der Waals surface area contributed by atoms with Crippen LogP contribution < -0.4 is 12.4 Å². The monoisotopic (exact) mass is 322 g/mol. The number of rotatable bonds is 3. The van der Waals surface area contributed by atoms with Gasteiger partial charge in [-0.15, -0.1) is 0 Å². The van der Waals surface area contributed by atoms with Crippen LogP contribution in [0.4, 0.5) is 0 Å². The van der Waals surface area contributed by atoms with Crippen LogP contribution in [-0.2, 0) is 0 Å². The van der Waals surface area contributed by atoms with E-state index in [0.717, 1.165) is 11.5 Å². The summed E-state index contributed by atoms with van der Waals surface area (Å²) in [6.07, 6.45) is 0. The molecule has 2 nitrogen and oxygen atoms in total. The zero-order chi connectivity index (χ0) is 10.9. The van der Waals surface area contributed by atoms with Crippen LogP contribution in [0.5, 0.6) is 11.5 Å². The van der Waals surface area contributed by atoms with Gasteiger partial charge in [0.1, 0.15) is 0 Å². The fraction of sp³-hybridized carbons (Fsp3) is 0.600. The summed E-state index contributed by atoms with van der Waals surface area (Å²) in [5.41, 5.74) is 0. The molecule has 0 atom stereocenters. The van der Waals surface area contributed by atoms with Crippen LogP contribution in [0, 0.1) is 6.92 Å². The first-order valence-electron chi connectivity index (χ1n) is 4.63. The Bertz CT molecular complexity index is 326. The molecule has 0 aromatic carbocycles. The van der Waals surface area contributed by atoms with Crippen molar-refractivity contribution in [2.45, 2.75) is 21.7 Å². The molecule has 0 N–H and O–H groups in total. The molecule has 1 aromatic heterocycles. The second-order valence-corrected chi connectivity index (χ2v) is 20.8. The molecule has 0 fully saturated rings. The summed E-state index contributed by atoms with van der Waals surface area (Å²) in [6.45, 7) is 2.09. The summed E-state index contributed by atoms with van der Waals surface area (Å²) in [4.78, 5) is 8.40. The van der Waals surface area contributed by atoms with Crippen LogP contribution in [0.15, 0.2) is 0 Å². The van der Waals surface area contributed by atoms with E-state index in [0.29, 0.717) is 0 Å². The molecule has 0 bridgehead atoms. The SMILES string of the molecule is COc1c(C)s[c]([Sn]([CH3])([CH3])[CH3])c1OC. The minimum absolute atomic E-state index is 0.930. The molecule has 0 aliphatic carbocycles. The first-order chi connectivity index (χ1) is 6.41. The van der Waals surface area contributed by atoms with Crippen molar-refractivity contribution >= 4 is 32.6 Å². The maximum absolute atomic E-state index is 5.45. The molecule has 0 aliphatic heterocycles. The van der Waals surface area contributed by atoms with Gasteiger partial charge in [-0.3, -0.25) is 0 Å². The second kappa shape index (κ2) is 4.31. The Morgan fingerprint density at radius 2 is 1.50 bits per heavy atom. The molecule has 1 heterocycles. The van der Waals surface area contributed by atoms with Gasteiger partial charge < -0.3 is 0 Å². The number of thiophene rings is 1. The third kappa shape index (κ3) is 2.19. The summed E-state index contributed by atoms with van der Waals surface area (Å²) in [7, 11) is 3.44. The molecule has 14 heavy (non-hydrogen) atoms. The van der Waals surface area contributed by atoms with E-state index >= 15 is 0 Å². The van der Waals surface area contributed by atoms with Crippen molar-refractivity contribution in [1.29, 1.82) is 0 Å². The van der Waals surface area contributed by atoms with Gasteiger partial charge in [0, 0.05) is 0 Å². The Morgan fingerprint density at radius 1 is 1.00 bits per heavy atom. The van der Waals surface area contributed by atoms with Crippen molar-refractivity contribution in [3.8, 4) is 11.5 Å². The van der Waals surface area contributed by atoms with Crippen molar-refractivity contribution in [2.24, 2.45) is 0 Å². The van der Waals surface area contributed by atoms with Gasteiger partial charge in [0.25, 0.3) is 0 Å². The van der Waals surface area contributed by atoms with Crippen LogP contribution in [0.1, 0.15) is 4.88 Å². The molecule has 0 aliphatic rings. The number of hydrogen-bond acceptors (Lipinski definition) is 3. The molecule has 0 radical (unpaired) electrons. The summed E-state index contributed by atoms with van der Waals surface area (Å²) < 4.78 is 12.3. The van der Waals surface area contributed by atoms with Crippen molar-refractivity contribution < 1.29 is 9.47 Å². The van der Waals surface area contributed by atoms with E-state index in [1.807, 2.05) is 11.3 Å². The Morgan fingerprint density at radius 3 is 1.86 bits per heavy atom. The Hall–Kier alpha value is 0.0987. The van der Waals surface area contributed by atoms with Crippen LogP contribution in [0.3, 0.4) is 0 Å². The predicted molar refractivity (Wildman–Crippen MR) is 65.1 cm³/mol. The van der Waals surface area contributed by atoms with Gasteiger partial charge in [-0.25, -0.2) is 0 Å². The molecule has 0 saturated carbocycles. The van der Waals surface area contributed by atoms with Gasteiger partial charge in [0.2, 0.25) is 0 Å². The van der Waals surface area contributed by atoms with Crippen molar-refractivity contribution in [1.82, 2.24) is 0 Å². The van der Waals surface area contributed by atoms with Crippen LogP contribution in [0.2, 0.25) is 14.8 Å². The zero-order valence-corrected chi connectivity index (χ0v) is 13.4. The quantitative estimate of drug-likeness (QED) is 0.797. The predicted octanol–water partition coefficient (Wildman–Crippen LogP) is 2.62. The fourth-order valence-corrected chi connectivity index (χ4v) is 9.07. The molecule has 0 unspecified atom stereocenters. The van der Waals surface area contributed by atoms with E-state index < -0.39 is 18.4 Å². The van der Waals surface area contributed by atoms with E-state index in [9.17, 15) is 0 Å². The molecular weight excluding hydrogens is 303 g/mol. The van der Waals surface area contributed by atoms with E-state index in [2.05, 4.69) is 21.7 Å². The van der Waals surface area contributed by atoms with Crippen LogP contribution in [0.25, 0.3) is 0 Å². The van der Waals surface area contributed by atoms with Crippen molar-refractivity contribution in [3.05, 3.63) is 4.88 Å². The number of methoxy groups -OCH3 is 2. The summed E-state index contributed by atoms with van der Waals surface area (Å²) in [6, 6.07) is 0. The standard InChI is InChI=1S/C7H9O2S.3CH3.Sn/c1-5-7(9-3)6(8-2)4-10-5;;;;/h1-3H3;3*1H3;. The minimum atomic E-state index is -2.04. The van der Waals surface area contributed by atoms with Gasteiger partial charge in [-0.1, -0.05) is 0 Å². The first kappa shape index (κ1) is 12.2. The van der Waals surface area contributed by atoms with Crippen LogP contribution >= 0.6 is 11.3 Å². The van der Waals surface area contributed by atoms with Gasteiger partial charge in [-0.2, -0.15) is 0 Å². The normalized spacial score (nSPS) is 11.6. The van der Waals surface area contributed by atoms with Gasteiger partial charge in [-0.05, 0) is 0 Å². The first-order valence-corrected chi connectivity index (χ1v) is 15.4. The van der Waals surface area contributed by atoms with Crippen LogP contribution in [-0.4, -0.2) is 32.6 Å². The van der Waals surface area contributed by atoms with Crippen molar-refractivity contribution in [3.63, 3.8) is 0 Å². The Balaban J connectivity index is 3.31. The third-order valence-electron chi connectivity index (χ3n) is 2.08. The zero-order valence-electron chi connectivity index (χ0n) is 9.72. The maximum atomic E-state index is 5.45. The number of aryl methyl sites for hydroxylation is 1. The molecule has 0 spiro atoms. The van der Waals surface area contributed by atoms with E-state index in [-0.39, 0.29) is 0 Å². The van der Waals surface area contributed by atoms with E-state index in [4.69, 9.17) is 9.47 Å². The van der Waals surface area contributed by atoms with E-state index in [1.165, 1.54) is 7.77 Å². The molecule has 0 saturated heterocycles. The summed E-state index contributed by atoms with van der Waals surface area (Å²) in [5.74, 6) is 1.91. The Kier molecular flexibility index (Phi) is 3.74. The molecular formula is C10H18O2SSn. The molecule has 0 amide bonds. The summed E-state index contributed by atoms with van der Waals surface area (Å²) >= 11 is -0.199. The van der Waals surface area contributed by atoms with Gasteiger partial charge in [0.15, 0.2) is 0 Å². The average molecular weight is 321 g/mol. The van der Waals surface area contributed by atoms with Gasteiger partial charge >= 0.3 is 94.4 Å². The molecule has 1 rings (SSSR count). The van der Waals surface area contributed by atoms with Gasteiger partial charge in [0.05, 0.1) is 0 Å². The molecule has 4 heteroatoms. The average Bonchev–Trinajstić information content (AvgIpc) is 2.40. The topological polar surface area (TPSA) is 18.5 Å². The molecule has 80 valence electrons. The van der Waals surface area contributed by atoms with Crippen molar-refractivity contribution in [2.75, 3.05) is 14.2 Å². The number of hydrogen-bond donors (Lipinski definition) is 0. The second-order valence-electron chi connectivity index (χ2n) is 4.30. The number of ether oxygens (including phenoxy) is 2.